The van der Waals surface area contributed by atoms with E-state index in [1.54, 1.807) is 12.1 Å². The summed E-state index contributed by atoms with van der Waals surface area (Å²) in [6.45, 7) is 12.5. The molecule has 0 saturated carbocycles. The molecule has 2 aliphatic heterocycles. The lowest BCUT2D eigenvalue weighted by molar-refractivity contribution is -0.145. The SMILES string of the molecule is CCCCCCCCCC(=O)OCCOCCOCCOCCOCCOCCOCCOCCOCCOCCOCCOCCCCCC(=O)Nc1cccc2c1C(=O)N(C1CCC(=O)NC1=O)C2=O. The molecule has 21 nitrogen and oxygen atoms in total. The van der Waals surface area contributed by atoms with Crippen LogP contribution in [0.5, 0.6) is 0 Å². The number of carbonyl (C=O) groups excluding carboxylic acids is 6. The first kappa shape index (κ1) is 62.3. The van der Waals surface area contributed by atoms with Crippen molar-refractivity contribution < 1.29 is 85.6 Å². The van der Waals surface area contributed by atoms with Gasteiger partial charge in [-0.15, -0.1) is 0 Å². The van der Waals surface area contributed by atoms with Gasteiger partial charge in [0.25, 0.3) is 11.8 Å². The predicted molar refractivity (Wildman–Crippen MR) is 263 cm³/mol. The molecule has 410 valence electrons. The number of benzene rings is 1. The minimum atomic E-state index is -1.08. The monoisotopic (exact) mass is 1030 g/mol. The Balaban J connectivity index is 0.946. The molecule has 0 spiro atoms. The Morgan fingerprint density at radius 2 is 0.931 bits per heavy atom. The fourth-order valence-corrected chi connectivity index (χ4v) is 7.31. The van der Waals surface area contributed by atoms with E-state index in [0.29, 0.717) is 158 Å². The Labute approximate surface area is 425 Å². The van der Waals surface area contributed by atoms with Gasteiger partial charge in [-0.25, -0.2) is 0 Å². The Kier molecular flexibility index (Phi) is 36.7. The number of anilines is 1. The number of rotatable bonds is 49. The number of hydrogen-bond acceptors (Lipinski definition) is 18. The summed E-state index contributed by atoms with van der Waals surface area (Å²) in [7, 11) is 0. The van der Waals surface area contributed by atoms with Crippen molar-refractivity contribution in [1.29, 1.82) is 0 Å². The van der Waals surface area contributed by atoms with Crippen LogP contribution < -0.4 is 10.6 Å². The van der Waals surface area contributed by atoms with Crippen molar-refractivity contribution in [2.24, 2.45) is 0 Å². The van der Waals surface area contributed by atoms with Gasteiger partial charge >= 0.3 is 5.97 Å². The first-order valence-electron chi connectivity index (χ1n) is 26.0. The zero-order valence-corrected chi connectivity index (χ0v) is 42.8. The molecule has 0 bridgehead atoms. The van der Waals surface area contributed by atoms with Gasteiger partial charge in [-0.2, -0.15) is 0 Å². The van der Waals surface area contributed by atoms with E-state index in [1.165, 1.54) is 38.2 Å². The van der Waals surface area contributed by atoms with Crippen LogP contribution in [0.2, 0.25) is 0 Å². The standard InChI is InChI=1S/C51H83N3O18/c1-2-3-4-5-6-7-10-16-47(57)72-41-40-71-39-38-70-37-36-69-35-34-68-33-32-67-31-30-66-29-28-65-27-26-64-25-24-63-23-22-62-21-20-61-19-11-8-9-15-45(55)52-43-14-12-13-42-48(43)51(60)54(50(42)59)44-17-18-46(56)53-49(44)58/h12-14,44H,2-11,15-41H2,1H3,(H,52,55)(H,53,56,58). The molecule has 2 heterocycles. The highest BCUT2D eigenvalue weighted by Gasteiger charge is 2.45. The fraction of sp³-hybridized carbons (Fsp3) is 0.765. The van der Waals surface area contributed by atoms with Crippen molar-refractivity contribution in [1.82, 2.24) is 10.2 Å². The maximum Gasteiger partial charge on any atom is 0.305 e. The Hall–Kier alpha value is -4.00. The summed E-state index contributed by atoms with van der Waals surface area (Å²) in [5, 5.41) is 4.91. The largest absolute Gasteiger partial charge is 0.463 e. The molecule has 1 aromatic rings. The number of ether oxygens (including phenoxy) is 12. The van der Waals surface area contributed by atoms with Gasteiger partial charge in [0.2, 0.25) is 17.7 Å². The van der Waals surface area contributed by atoms with Crippen molar-refractivity contribution in [2.45, 2.75) is 103 Å². The molecule has 21 heteroatoms. The highest BCUT2D eigenvalue weighted by atomic mass is 16.6. The molecule has 0 radical (unpaired) electrons. The van der Waals surface area contributed by atoms with Gasteiger partial charge < -0.3 is 62.2 Å². The van der Waals surface area contributed by atoms with E-state index >= 15 is 0 Å². The summed E-state index contributed by atoms with van der Waals surface area (Å²) in [5.41, 5.74) is 0.372. The third-order valence-corrected chi connectivity index (χ3v) is 11.1. The van der Waals surface area contributed by atoms with Crippen molar-refractivity contribution in [3.8, 4) is 0 Å². The molecule has 1 atom stereocenters. The van der Waals surface area contributed by atoms with Gasteiger partial charge in [0.15, 0.2) is 0 Å². The van der Waals surface area contributed by atoms with E-state index in [0.717, 1.165) is 30.6 Å². The van der Waals surface area contributed by atoms with Crippen LogP contribution in [0, 0.1) is 0 Å². The van der Waals surface area contributed by atoms with Crippen molar-refractivity contribution in [3.63, 3.8) is 0 Å². The first-order valence-corrected chi connectivity index (χ1v) is 26.0. The molecular weight excluding hydrogens is 943 g/mol. The number of hydrogen-bond donors (Lipinski definition) is 2. The third kappa shape index (κ3) is 29.0. The van der Waals surface area contributed by atoms with Crippen LogP contribution in [-0.4, -0.2) is 198 Å². The topological polar surface area (TPSA) is 240 Å². The van der Waals surface area contributed by atoms with Crippen LogP contribution >= 0.6 is 0 Å². The molecule has 3 rings (SSSR count). The normalized spacial score (nSPS) is 14.6. The lowest BCUT2D eigenvalue weighted by Crippen LogP contribution is -2.54. The van der Waals surface area contributed by atoms with Gasteiger partial charge in [-0.05, 0) is 37.8 Å². The summed E-state index contributed by atoms with van der Waals surface area (Å²) < 4.78 is 65.8. The molecule has 1 saturated heterocycles. The van der Waals surface area contributed by atoms with Crippen molar-refractivity contribution in [3.05, 3.63) is 29.3 Å². The number of piperidine rings is 1. The zero-order chi connectivity index (χ0) is 51.5. The van der Waals surface area contributed by atoms with Crippen LogP contribution in [0.1, 0.15) is 118 Å². The summed E-state index contributed by atoms with van der Waals surface area (Å²) in [4.78, 5) is 75.4. The number of imide groups is 2. The van der Waals surface area contributed by atoms with E-state index in [-0.39, 0.29) is 54.6 Å². The second kappa shape index (κ2) is 42.4. The minimum absolute atomic E-state index is 0.0248. The Bertz CT molecular complexity index is 1650. The first-order chi connectivity index (χ1) is 35.3. The summed E-state index contributed by atoms with van der Waals surface area (Å²) in [6, 6.07) is 3.52. The molecule has 2 N–H and O–H groups in total. The quantitative estimate of drug-likeness (QED) is 0.0520. The van der Waals surface area contributed by atoms with Gasteiger partial charge in [0.05, 0.1) is 156 Å². The van der Waals surface area contributed by atoms with E-state index in [2.05, 4.69) is 17.6 Å². The average molecular weight is 1030 g/mol. The molecular formula is C51H83N3O18. The molecule has 1 fully saturated rings. The summed E-state index contributed by atoms with van der Waals surface area (Å²) in [5.74, 6) is -2.88. The highest BCUT2D eigenvalue weighted by Crippen LogP contribution is 2.32. The highest BCUT2D eigenvalue weighted by molar-refractivity contribution is 6.26. The lowest BCUT2D eigenvalue weighted by atomic mass is 10.0. The zero-order valence-electron chi connectivity index (χ0n) is 42.8. The van der Waals surface area contributed by atoms with Crippen LogP contribution in [-0.2, 0) is 76.0 Å². The second-order valence-electron chi connectivity index (χ2n) is 16.9. The number of nitrogens with one attached hydrogen (secondary N) is 2. The molecule has 1 unspecified atom stereocenters. The number of nitrogens with zero attached hydrogens (tertiary/aromatic N) is 1. The molecule has 2 aliphatic rings. The number of esters is 1. The molecule has 72 heavy (non-hydrogen) atoms. The van der Waals surface area contributed by atoms with E-state index < -0.39 is 29.7 Å². The van der Waals surface area contributed by atoms with Crippen LogP contribution in [0.15, 0.2) is 18.2 Å². The van der Waals surface area contributed by atoms with Crippen molar-refractivity contribution in [2.75, 3.05) is 157 Å². The molecule has 5 amide bonds. The second-order valence-corrected chi connectivity index (χ2v) is 16.9. The fourth-order valence-electron chi connectivity index (χ4n) is 7.31. The van der Waals surface area contributed by atoms with Gasteiger partial charge in [0.1, 0.15) is 12.6 Å². The minimum Gasteiger partial charge on any atom is -0.463 e. The maximum atomic E-state index is 13.2. The number of carbonyl (C=O) groups is 6. The van der Waals surface area contributed by atoms with E-state index in [1.807, 2.05) is 0 Å². The maximum absolute atomic E-state index is 13.2. The molecule has 0 aliphatic carbocycles. The van der Waals surface area contributed by atoms with E-state index in [9.17, 15) is 28.8 Å². The van der Waals surface area contributed by atoms with Gasteiger partial charge in [-0.1, -0.05) is 57.9 Å². The molecule has 0 aromatic heterocycles. The lowest BCUT2D eigenvalue weighted by Gasteiger charge is -2.27. The smallest absolute Gasteiger partial charge is 0.305 e. The summed E-state index contributed by atoms with van der Waals surface area (Å²) >= 11 is 0. The van der Waals surface area contributed by atoms with Crippen LogP contribution in [0.25, 0.3) is 0 Å². The average Bonchev–Trinajstić information content (AvgIpc) is 3.62. The van der Waals surface area contributed by atoms with E-state index in [4.69, 9.17) is 56.8 Å². The van der Waals surface area contributed by atoms with Gasteiger partial charge in [-0.3, -0.25) is 39.0 Å². The number of fused-ring (bicyclic) bond motifs is 1. The number of amides is 5. The summed E-state index contributed by atoms with van der Waals surface area (Å²) in [6.07, 6.45) is 11.1. The number of unbranched alkanes of at least 4 members (excludes halogenated alkanes) is 8. The Morgan fingerprint density at radius 1 is 0.514 bits per heavy atom. The van der Waals surface area contributed by atoms with Crippen molar-refractivity contribution >= 4 is 41.2 Å². The van der Waals surface area contributed by atoms with Gasteiger partial charge in [0, 0.05) is 25.9 Å². The van der Waals surface area contributed by atoms with Crippen LogP contribution in [0.3, 0.4) is 0 Å². The van der Waals surface area contributed by atoms with Crippen LogP contribution in [0.4, 0.5) is 5.69 Å². The Morgan fingerprint density at radius 3 is 1.40 bits per heavy atom. The third-order valence-electron chi connectivity index (χ3n) is 11.1. The molecule has 1 aromatic carbocycles. The predicted octanol–water partition coefficient (Wildman–Crippen LogP) is 4.45.